The summed E-state index contributed by atoms with van der Waals surface area (Å²) in [5.41, 5.74) is 2.53. The minimum atomic E-state index is -0.312. The van der Waals surface area contributed by atoms with E-state index in [1.807, 2.05) is 12.1 Å². The van der Waals surface area contributed by atoms with E-state index in [4.69, 9.17) is 0 Å². The smallest absolute Gasteiger partial charge is 0.278 e. The number of fused-ring (bicyclic) bond motifs is 1. The molecule has 1 aliphatic rings. The molecule has 7 heteroatoms. The predicted molar refractivity (Wildman–Crippen MR) is 111 cm³/mol. The minimum absolute atomic E-state index is 0.149. The molecule has 2 heterocycles. The molecule has 1 N–H and O–H groups in total. The predicted octanol–water partition coefficient (Wildman–Crippen LogP) is 2.09. The molecule has 1 aromatic heterocycles. The van der Waals surface area contributed by atoms with Gasteiger partial charge in [0.05, 0.1) is 5.39 Å². The van der Waals surface area contributed by atoms with Crippen molar-refractivity contribution in [2.24, 2.45) is 0 Å². The van der Waals surface area contributed by atoms with Crippen molar-refractivity contribution in [3.05, 3.63) is 70.0 Å². The Morgan fingerprint density at radius 2 is 1.69 bits per heavy atom. The van der Waals surface area contributed by atoms with Gasteiger partial charge in [-0.3, -0.25) is 14.5 Å². The van der Waals surface area contributed by atoms with Gasteiger partial charge in [-0.25, -0.2) is 4.68 Å². The van der Waals surface area contributed by atoms with E-state index in [1.165, 1.54) is 37.9 Å². The lowest BCUT2D eigenvalue weighted by Gasteiger charge is -2.26. The Hall–Kier alpha value is -3.06. The summed E-state index contributed by atoms with van der Waals surface area (Å²) in [5, 5.41) is 11.2. The second kappa shape index (κ2) is 8.96. The van der Waals surface area contributed by atoms with Crippen LogP contribution >= 0.6 is 0 Å². The van der Waals surface area contributed by atoms with Crippen molar-refractivity contribution in [2.45, 2.75) is 38.9 Å². The Kier molecular flexibility index (Phi) is 5.95. The van der Waals surface area contributed by atoms with E-state index in [1.54, 1.807) is 24.3 Å². The zero-order valence-electron chi connectivity index (χ0n) is 16.4. The molecule has 29 heavy (non-hydrogen) atoms. The molecule has 0 atom stereocenters. The maximum atomic E-state index is 12.4. The van der Waals surface area contributed by atoms with Crippen LogP contribution < -0.4 is 10.9 Å². The third kappa shape index (κ3) is 4.86. The molecule has 4 rings (SSSR count). The fourth-order valence-electron chi connectivity index (χ4n) is 3.66. The van der Waals surface area contributed by atoms with E-state index in [0.29, 0.717) is 17.4 Å². The first-order chi connectivity index (χ1) is 14.2. The molecule has 1 aliphatic heterocycles. The summed E-state index contributed by atoms with van der Waals surface area (Å²) in [5.74, 6) is -0.269. The molecule has 3 aromatic rings. The quantitative estimate of drug-likeness (QED) is 0.696. The average molecular weight is 391 g/mol. The van der Waals surface area contributed by atoms with Crippen LogP contribution in [0.25, 0.3) is 10.9 Å². The van der Waals surface area contributed by atoms with Gasteiger partial charge in [-0.1, -0.05) is 48.0 Å². The van der Waals surface area contributed by atoms with Crippen LogP contribution in [-0.2, 0) is 24.4 Å². The number of piperidine rings is 1. The molecule has 0 aliphatic carbocycles. The highest BCUT2D eigenvalue weighted by molar-refractivity contribution is 5.78. The molecule has 1 amide bonds. The number of amides is 1. The fraction of sp³-hybridized carbons (Fsp3) is 0.364. The Balaban J connectivity index is 1.31. The van der Waals surface area contributed by atoms with Crippen LogP contribution in [0, 0.1) is 0 Å². The maximum Gasteiger partial charge on any atom is 0.278 e. The van der Waals surface area contributed by atoms with Crippen LogP contribution in [0.2, 0.25) is 0 Å². The minimum Gasteiger partial charge on any atom is -0.350 e. The molecule has 7 nitrogen and oxygen atoms in total. The second-order valence-electron chi connectivity index (χ2n) is 7.50. The Bertz CT molecular complexity index is 1040. The van der Waals surface area contributed by atoms with Gasteiger partial charge in [0, 0.05) is 13.1 Å². The van der Waals surface area contributed by atoms with E-state index in [2.05, 4.69) is 32.7 Å². The highest BCUT2D eigenvalue weighted by Crippen LogP contribution is 2.13. The van der Waals surface area contributed by atoms with Crippen molar-refractivity contribution in [3.63, 3.8) is 0 Å². The first-order valence-corrected chi connectivity index (χ1v) is 10.1. The molecule has 0 saturated carbocycles. The summed E-state index contributed by atoms with van der Waals surface area (Å²) in [7, 11) is 0. The van der Waals surface area contributed by atoms with Crippen LogP contribution in [0.3, 0.4) is 0 Å². The van der Waals surface area contributed by atoms with Gasteiger partial charge in [-0.15, -0.1) is 5.10 Å². The zero-order valence-corrected chi connectivity index (χ0v) is 16.4. The van der Waals surface area contributed by atoms with Crippen molar-refractivity contribution in [3.8, 4) is 0 Å². The van der Waals surface area contributed by atoms with Crippen molar-refractivity contribution in [2.75, 3.05) is 13.1 Å². The number of nitrogens with one attached hydrogen (secondary N) is 1. The molecule has 0 spiro atoms. The number of benzene rings is 2. The summed E-state index contributed by atoms with van der Waals surface area (Å²) in [6, 6.07) is 15.3. The normalized spacial score (nSPS) is 14.8. The van der Waals surface area contributed by atoms with Crippen molar-refractivity contribution in [1.29, 1.82) is 0 Å². The number of hydrogen-bond acceptors (Lipinski definition) is 5. The molecular weight excluding hydrogens is 366 g/mol. The number of hydrogen-bond donors (Lipinski definition) is 1. The molecule has 0 radical (unpaired) electrons. The number of aromatic nitrogens is 3. The van der Waals surface area contributed by atoms with E-state index in [9.17, 15) is 9.59 Å². The SMILES string of the molecule is O=C(Cn1nnc2ccccc2c1=O)NCc1ccc(CN2CCCCC2)cc1. The van der Waals surface area contributed by atoms with Crippen LogP contribution in [0.4, 0.5) is 0 Å². The Morgan fingerprint density at radius 3 is 2.48 bits per heavy atom. The lowest BCUT2D eigenvalue weighted by atomic mass is 10.1. The fourth-order valence-corrected chi connectivity index (χ4v) is 3.66. The summed E-state index contributed by atoms with van der Waals surface area (Å²) >= 11 is 0. The van der Waals surface area contributed by atoms with Crippen molar-refractivity contribution >= 4 is 16.8 Å². The average Bonchev–Trinajstić information content (AvgIpc) is 2.76. The van der Waals surface area contributed by atoms with Gasteiger partial charge in [0.1, 0.15) is 12.1 Å². The van der Waals surface area contributed by atoms with Gasteiger partial charge in [0.25, 0.3) is 5.56 Å². The van der Waals surface area contributed by atoms with Gasteiger partial charge >= 0.3 is 0 Å². The molecule has 0 bridgehead atoms. The van der Waals surface area contributed by atoms with Crippen LogP contribution in [0.5, 0.6) is 0 Å². The highest BCUT2D eigenvalue weighted by Gasteiger charge is 2.11. The lowest BCUT2D eigenvalue weighted by molar-refractivity contribution is -0.122. The van der Waals surface area contributed by atoms with Gasteiger partial charge in [0.15, 0.2) is 0 Å². The first kappa shape index (κ1) is 19.3. The second-order valence-corrected chi connectivity index (χ2v) is 7.50. The Morgan fingerprint density at radius 1 is 0.966 bits per heavy atom. The highest BCUT2D eigenvalue weighted by atomic mass is 16.2. The van der Waals surface area contributed by atoms with Gasteiger partial charge < -0.3 is 5.32 Å². The topological polar surface area (TPSA) is 80.1 Å². The molecule has 0 unspecified atom stereocenters. The molecule has 150 valence electrons. The van der Waals surface area contributed by atoms with Gasteiger partial charge in [0.2, 0.25) is 5.91 Å². The maximum absolute atomic E-state index is 12.4. The Labute approximate surface area is 169 Å². The van der Waals surface area contributed by atoms with E-state index >= 15 is 0 Å². The van der Waals surface area contributed by atoms with E-state index < -0.39 is 0 Å². The van der Waals surface area contributed by atoms with E-state index in [-0.39, 0.29) is 18.0 Å². The van der Waals surface area contributed by atoms with Crippen molar-refractivity contribution in [1.82, 2.24) is 25.2 Å². The molecule has 1 saturated heterocycles. The summed E-state index contributed by atoms with van der Waals surface area (Å²) in [6.45, 7) is 3.60. The summed E-state index contributed by atoms with van der Waals surface area (Å²) in [6.07, 6.45) is 3.91. The third-order valence-electron chi connectivity index (χ3n) is 5.29. The summed E-state index contributed by atoms with van der Waals surface area (Å²) < 4.78 is 1.10. The zero-order chi connectivity index (χ0) is 20.1. The van der Waals surface area contributed by atoms with Crippen LogP contribution in [-0.4, -0.2) is 38.9 Å². The number of likely N-dealkylation sites (tertiary alicyclic amines) is 1. The number of nitrogens with zero attached hydrogens (tertiary/aromatic N) is 4. The van der Waals surface area contributed by atoms with E-state index in [0.717, 1.165) is 16.8 Å². The van der Waals surface area contributed by atoms with Crippen molar-refractivity contribution < 1.29 is 4.79 Å². The standard InChI is InChI=1S/C22H25N5O2/c28-21(16-27-22(29)19-6-2-3-7-20(19)24-25-27)23-14-17-8-10-18(11-9-17)15-26-12-4-1-5-13-26/h2-3,6-11H,1,4-5,12-16H2,(H,23,28). The molecule has 1 fully saturated rings. The lowest BCUT2D eigenvalue weighted by Crippen LogP contribution is -2.34. The number of carbonyl (C=O) groups excluding carboxylic acids is 1. The van der Waals surface area contributed by atoms with Gasteiger partial charge in [-0.05, 0) is 49.2 Å². The number of carbonyl (C=O) groups is 1. The summed E-state index contributed by atoms with van der Waals surface area (Å²) in [4.78, 5) is 27.2. The molecule has 2 aromatic carbocycles. The van der Waals surface area contributed by atoms with Gasteiger partial charge in [-0.2, -0.15) is 0 Å². The largest absolute Gasteiger partial charge is 0.350 e. The third-order valence-corrected chi connectivity index (χ3v) is 5.29. The first-order valence-electron chi connectivity index (χ1n) is 10.1. The number of rotatable bonds is 6. The van der Waals surface area contributed by atoms with Crippen LogP contribution in [0.15, 0.2) is 53.3 Å². The molecular formula is C22H25N5O2. The monoisotopic (exact) mass is 391 g/mol. The van der Waals surface area contributed by atoms with Crippen LogP contribution in [0.1, 0.15) is 30.4 Å².